The molecule has 0 atom stereocenters. The Morgan fingerprint density at radius 2 is 1.73 bits per heavy atom. The maximum atomic E-state index is 12.4. The van der Waals surface area contributed by atoms with E-state index >= 15 is 0 Å². The van der Waals surface area contributed by atoms with Gasteiger partial charge >= 0.3 is 0 Å². The summed E-state index contributed by atoms with van der Waals surface area (Å²) < 4.78 is 16.7. The van der Waals surface area contributed by atoms with Crippen molar-refractivity contribution in [2.24, 2.45) is 4.99 Å². The Morgan fingerprint density at radius 3 is 2.40 bits per heavy atom. The fraction of sp³-hybridized carbons (Fsp3) is 0.273. The number of thioether (sulfide) groups is 1. The molecule has 0 saturated carbocycles. The number of aliphatic imine (C=N–C) groups is 1. The summed E-state index contributed by atoms with van der Waals surface area (Å²) in [7, 11) is 0. The van der Waals surface area contributed by atoms with Crippen LogP contribution in [0.1, 0.15) is 26.3 Å². The van der Waals surface area contributed by atoms with Gasteiger partial charge in [-0.1, -0.05) is 11.6 Å². The van der Waals surface area contributed by atoms with Gasteiger partial charge in [0, 0.05) is 0 Å². The molecule has 0 unspecified atom stereocenters. The van der Waals surface area contributed by atoms with Crippen LogP contribution in [0.2, 0.25) is 5.02 Å². The Hall–Kier alpha value is -2.64. The fourth-order valence-corrected chi connectivity index (χ4v) is 3.87. The van der Waals surface area contributed by atoms with E-state index in [2.05, 4.69) is 10.3 Å². The third-order valence-electron chi connectivity index (χ3n) is 3.95. The number of amidine groups is 1. The molecule has 0 aromatic heterocycles. The second kappa shape index (κ2) is 10.4. The molecule has 30 heavy (non-hydrogen) atoms. The molecule has 1 aliphatic rings. The number of carbonyl (C=O) groups excluding carboxylic acids is 1. The van der Waals surface area contributed by atoms with Gasteiger partial charge in [-0.05, 0) is 80.6 Å². The van der Waals surface area contributed by atoms with Crippen LogP contribution in [0, 0.1) is 0 Å². The number of hydrogen-bond acceptors (Lipinski definition) is 6. The van der Waals surface area contributed by atoms with Gasteiger partial charge in [-0.2, -0.15) is 0 Å². The first-order valence-electron chi connectivity index (χ1n) is 9.65. The standard InChI is InChI=1S/C22H23ClN2O4S/c1-4-27-16-9-7-15(8-10-16)24-22-25-21(26)19(30-22)13-14-11-17(23)20(29-6-3)18(12-14)28-5-2/h7-13H,4-6H2,1-3H3,(H,24,25,26)/b19-13+. The lowest BCUT2D eigenvalue weighted by molar-refractivity contribution is -0.115. The van der Waals surface area contributed by atoms with Gasteiger partial charge in [-0.3, -0.25) is 4.79 Å². The Labute approximate surface area is 185 Å². The molecule has 2 aromatic rings. The van der Waals surface area contributed by atoms with Crippen molar-refractivity contribution < 1.29 is 19.0 Å². The molecule has 1 aliphatic heterocycles. The van der Waals surface area contributed by atoms with Crippen molar-refractivity contribution in [3.05, 3.63) is 51.9 Å². The van der Waals surface area contributed by atoms with Crippen LogP contribution in [-0.2, 0) is 4.79 Å². The van der Waals surface area contributed by atoms with Crippen LogP contribution >= 0.6 is 23.4 Å². The lowest BCUT2D eigenvalue weighted by atomic mass is 10.2. The number of nitrogens with zero attached hydrogens (tertiary/aromatic N) is 1. The van der Waals surface area contributed by atoms with Gasteiger partial charge in [0.1, 0.15) is 5.75 Å². The normalized spacial score (nSPS) is 16.1. The number of carbonyl (C=O) groups is 1. The quantitative estimate of drug-likeness (QED) is 0.547. The van der Waals surface area contributed by atoms with E-state index in [-0.39, 0.29) is 5.91 Å². The summed E-state index contributed by atoms with van der Waals surface area (Å²) in [6, 6.07) is 10.9. The minimum Gasteiger partial charge on any atom is -0.494 e. The van der Waals surface area contributed by atoms with E-state index in [0.717, 1.165) is 17.0 Å². The molecule has 0 bridgehead atoms. The maximum Gasteiger partial charge on any atom is 0.264 e. The molecular weight excluding hydrogens is 424 g/mol. The van der Waals surface area contributed by atoms with Gasteiger partial charge in [0.05, 0.1) is 35.4 Å². The molecule has 1 amide bonds. The lowest BCUT2D eigenvalue weighted by Gasteiger charge is -2.13. The minimum atomic E-state index is -0.215. The number of rotatable bonds is 8. The molecule has 8 heteroatoms. The van der Waals surface area contributed by atoms with Gasteiger partial charge in [-0.25, -0.2) is 4.99 Å². The summed E-state index contributed by atoms with van der Waals surface area (Å²) in [5.41, 5.74) is 1.47. The third kappa shape index (κ3) is 5.49. The Bertz CT molecular complexity index is 974. The highest BCUT2D eigenvalue weighted by Crippen LogP contribution is 2.38. The summed E-state index contributed by atoms with van der Waals surface area (Å²) >= 11 is 7.63. The highest BCUT2D eigenvalue weighted by Gasteiger charge is 2.24. The van der Waals surface area contributed by atoms with E-state index in [1.807, 2.05) is 51.1 Å². The SMILES string of the molecule is CCOc1ccc(N=C2NC(=O)/C(=C\c3cc(Cl)c(OCC)c(OCC)c3)S2)cc1. The average molecular weight is 447 g/mol. The molecular formula is C22H23ClN2O4S. The predicted octanol–water partition coefficient (Wildman–Crippen LogP) is 5.43. The number of benzene rings is 2. The highest BCUT2D eigenvalue weighted by atomic mass is 35.5. The topological polar surface area (TPSA) is 69.2 Å². The number of nitrogens with one attached hydrogen (secondary N) is 1. The molecule has 158 valence electrons. The molecule has 0 radical (unpaired) electrons. The summed E-state index contributed by atoms with van der Waals surface area (Å²) in [6.07, 6.45) is 1.75. The van der Waals surface area contributed by atoms with Gasteiger partial charge in [0.15, 0.2) is 16.7 Å². The zero-order valence-electron chi connectivity index (χ0n) is 17.0. The monoisotopic (exact) mass is 446 g/mol. The minimum absolute atomic E-state index is 0.215. The molecule has 1 saturated heterocycles. The van der Waals surface area contributed by atoms with E-state index in [1.54, 1.807) is 12.1 Å². The first kappa shape index (κ1) is 22.1. The molecule has 3 rings (SSSR count). The zero-order chi connectivity index (χ0) is 21.5. The van der Waals surface area contributed by atoms with Gasteiger partial charge in [-0.15, -0.1) is 0 Å². The first-order valence-corrected chi connectivity index (χ1v) is 10.8. The van der Waals surface area contributed by atoms with Crippen LogP contribution < -0.4 is 19.5 Å². The van der Waals surface area contributed by atoms with Crippen LogP contribution in [0.25, 0.3) is 6.08 Å². The lowest BCUT2D eigenvalue weighted by Crippen LogP contribution is -2.19. The Balaban J connectivity index is 1.82. The van der Waals surface area contributed by atoms with Crippen molar-refractivity contribution in [3.63, 3.8) is 0 Å². The molecule has 0 aliphatic carbocycles. The number of ether oxygens (including phenoxy) is 3. The van der Waals surface area contributed by atoms with E-state index in [9.17, 15) is 4.79 Å². The van der Waals surface area contributed by atoms with E-state index in [1.165, 1.54) is 11.8 Å². The largest absolute Gasteiger partial charge is 0.494 e. The predicted molar refractivity (Wildman–Crippen MR) is 122 cm³/mol. The van der Waals surface area contributed by atoms with Crippen molar-refractivity contribution in [1.29, 1.82) is 0 Å². The van der Waals surface area contributed by atoms with E-state index in [4.69, 9.17) is 25.8 Å². The van der Waals surface area contributed by atoms with Gasteiger partial charge < -0.3 is 19.5 Å². The Kier molecular flexibility index (Phi) is 7.65. The average Bonchev–Trinajstić information content (AvgIpc) is 3.05. The molecule has 1 N–H and O–H groups in total. The van der Waals surface area contributed by atoms with Crippen LogP contribution in [-0.4, -0.2) is 30.9 Å². The van der Waals surface area contributed by atoms with E-state index in [0.29, 0.717) is 46.4 Å². The summed E-state index contributed by atoms with van der Waals surface area (Å²) in [5.74, 6) is 1.62. The smallest absolute Gasteiger partial charge is 0.264 e. The maximum absolute atomic E-state index is 12.4. The number of amides is 1. The second-order valence-corrected chi connectivity index (χ2v) is 7.54. The second-order valence-electron chi connectivity index (χ2n) is 6.10. The van der Waals surface area contributed by atoms with Crippen molar-refractivity contribution in [1.82, 2.24) is 5.32 Å². The molecule has 2 aromatic carbocycles. The highest BCUT2D eigenvalue weighted by molar-refractivity contribution is 8.18. The molecule has 1 heterocycles. The van der Waals surface area contributed by atoms with Crippen LogP contribution in [0.15, 0.2) is 46.3 Å². The van der Waals surface area contributed by atoms with Crippen molar-refractivity contribution in [2.45, 2.75) is 20.8 Å². The van der Waals surface area contributed by atoms with Crippen LogP contribution in [0.5, 0.6) is 17.2 Å². The summed E-state index contributed by atoms with van der Waals surface area (Å²) in [4.78, 5) is 17.4. The summed E-state index contributed by atoms with van der Waals surface area (Å²) in [6.45, 7) is 7.26. The number of hydrogen-bond donors (Lipinski definition) is 1. The number of halogens is 1. The fourth-order valence-electron chi connectivity index (χ4n) is 2.75. The van der Waals surface area contributed by atoms with Crippen LogP contribution in [0.4, 0.5) is 5.69 Å². The van der Waals surface area contributed by atoms with Crippen molar-refractivity contribution in [3.8, 4) is 17.2 Å². The van der Waals surface area contributed by atoms with Crippen LogP contribution in [0.3, 0.4) is 0 Å². The molecule has 6 nitrogen and oxygen atoms in total. The summed E-state index contributed by atoms with van der Waals surface area (Å²) in [5, 5.41) is 3.73. The molecule has 1 fully saturated rings. The van der Waals surface area contributed by atoms with E-state index < -0.39 is 0 Å². The van der Waals surface area contributed by atoms with Crippen molar-refractivity contribution >= 4 is 46.2 Å². The zero-order valence-corrected chi connectivity index (χ0v) is 18.6. The van der Waals surface area contributed by atoms with Gasteiger partial charge in [0.2, 0.25) is 0 Å². The Morgan fingerprint density at radius 1 is 1.03 bits per heavy atom. The van der Waals surface area contributed by atoms with Gasteiger partial charge in [0.25, 0.3) is 5.91 Å². The third-order valence-corrected chi connectivity index (χ3v) is 5.14. The van der Waals surface area contributed by atoms with Crippen molar-refractivity contribution in [2.75, 3.05) is 19.8 Å². The first-order chi connectivity index (χ1) is 14.5. The molecule has 0 spiro atoms.